The smallest absolute Gasteiger partial charge is 0.302 e. The zero-order valence-electron chi connectivity index (χ0n) is 33.8. The number of carbonyl (C=O) groups excluding carboxylic acids is 1. The molecule has 0 amide bonds. The largest absolute Gasteiger partial charge is 0.504 e. The molecule has 2 aromatic carbocycles. The summed E-state index contributed by atoms with van der Waals surface area (Å²) in [5.74, 6) is 1.22. The monoisotopic (exact) mass is 810 g/mol. The molecule has 5 atom stereocenters. The van der Waals surface area contributed by atoms with E-state index in [-0.39, 0.29) is 53.3 Å². The number of pyridine rings is 1. The van der Waals surface area contributed by atoms with Gasteiger partial charge >= 0.3 is 5.97 Å². The minimum absolute atomic E-state index is 0.0706. The van der Waals surface area contributed by atoms with Gasteiger partial charge in [-0.15, -0.1) is 0 Å². The summed E-state index contributed by atoms with van der Waals surface area (Å²) in [5.41, 5.74) is 9.63. The predicted molar refractivity (Wildman–Crippen MR) is 223 cm³/mol. The van der Waals surface area contributed by atoms with Crippen LogP contribution in [-0.2, 0) is 27.1 Å². The summed E-state index contributed by atoms with van der Waals surface area (Å²) in [7, 11) is 0. The van der Waals surface area contributed by atoms with Gasteiger partial charge in [0.1, 0.15) is 12.2 Å². The Labute approximate surface area is 345 Å². The zero-order valence-corrected chi connectivity index (χ0v) is 33.8. The lowest BCUT2D eigenvalue weighted by atomic mass is 9.77. The second-order valence-corrected chi connectivity index (χ2v) is 16.1. The Kier molecular flexibility index (Phi) is 13.7. The third-order valence-corrected chi connectivity index (χ3v) is 11.6. The van der Waals surface area contributed by atoms with Gasteiger partial charge in [-0.2, -0.15) is 0 Å². The van der Waals surface area contributed by atoms with Crippen LogP contribution in [-0.4, -0.2) is 82.3 Å². The number of allylic oxidation sites excluding steroid dienone is 2. The van der Waals surface area contributed by atoms with E-state index < -0.39 is 12.2 Å². The Morgan fingerprint density at radius 1 is 1.03 bits per heavy atom. The number of esters is 1. The van der Waals surface area contributed by atoms with Crippen molar-refractivity contribution in [3.8, 4) is 28.7 Å². The molecule has 14 heteroatoms. The maximum Gasteiger partial charge on any atom is 0.302 e. The quantitative estimate of drug-likeness (QED) is 0.0560. The number of nitrogens with one attached hydrogen (secondary N) is 3. The van der Waals surface area contributed by atoms with E-state index in [1.807, 2.05) is 30.3 Å². The van der Waals surface area contributed by atoms with Crippen LogP contribution >= 0.6 is 0 Å². The molecule has 0 bridgehead atoms. The van der Waals surface area contributed by atoms with Gasteiger partial charge in [-0.25, -0.2) is 0 Å². The fourth-order valence-corrected chi connectivity index (χ4v) is 8.62. The van der Waals surface area contributed by atoms with Crippen molar-refractivity contribution in [3.63, 3.8) is 0 Å². The molecular formula is C45H58N6O8. The maximum atomic E-state index is 12.1. The Bertz CT molecular complexity index is 2010. The van der Waals surface area contributed by atoms with Crippen LogP contribution in [0.3, 0.4) is 0 Å². The standard InChI is InChI=1S/C45H58N6O8/c1-29(52)57-36-25-34(58-39(26-36)33-23-38(54)43(55)41(24-33)56-20-13-32-6-3-16-47-28-32)10-8-31-9-11-37(53)40(21-31)59-35-7-2-14-45(27-35)15-19-50-44(51-45)49-17-4-5-30-12-18-48-42(46)22-30/h3,6,9,11-12,16,21-24,28,34-36,39,48,53-55H,2,4-5,7-8,10,13-15,17-20,25-27,46H2,1H3,(H2,49,50,51)/t34-,35+,36+,39-,45+/m0/s1. The van der Waals surface area contributed by atoms with Gasteiger partial charge in [0, 0.05) is 70.2 Å². The lowest BCUT2D eigenvalue weighted by Crippen LogP contribution is -2.59. The van der Waals surface area contributed by atoms with Gasteiger partial charge in [-0.3, -0.25) is 14.8 Å². The Morgan fingerprint density at radius 2 is 1.93 bits per heavy atom. The Morgan fingerprint density at radius 3 is 2.76 bits per heavy atom. The predicted octanol–water partition coefficient (Wildman–Crippen LogP) is 5.71. The van der Waals surface area contributed by atoms with Crippen LogP contribution in [0.2, 0.25) is 0 Å². The summed E-state index contributed by atoms with van der Waals surface area (Å²) < 4.78 is 24.7. The molecule has 0 radical (unpaired) electrons. The molecule has 1 saturated heterocycles. The topological polar surface area (TPSA) is 202 Å². The third kappa shape index (κ3) is 11.5. The molecule has 59 heavy (non-hydrogen) atoms. The number of hydrogen-bond acceptors (Lipinski definition) is 14. The first-order valence-corrected chi connectivity index (χ1v) is 20.9. The number of phenols is 3. The summed E-state index contributed by atoms with van der Waals surface area (Å²) in [6.45, 7) is 3.99. The second-order valence-electron chi connectivity index (χ2n) is 16.1. The number of phenolic OH excluding ortho intramolecular Hbond substituents is 3. The number of benzene rings is 2. The van der Waals surface area contributed by atoms with Gasteiger partial charge in [-0.05, 0) is 110 Å². The number of aromatic hydroxyl groups is 3. The van der Waals surface area contributed by atoms with E-state index in [2.05, 4.69) is 27.0 Å². The number of aryl methyl sites for hydroxylation is 1. The van der Waals surface area contributed by atoms with Crippen molar-refractivity contribution in [2.45, 2.75) is 114 Å². The Balaban J connectivity index is 0.940. The molecule has 1 spiro atoms. The van der Waals surface area contributed by atoms with E-state index in [0.29, 0.717) is 49.2 Å². The van der Waals surface area contributed by atoms with Gasteiger partial charge in [0.15, 0.2) is 29.0 Å². The highest BCUT2D eigenvalue weighted by molar-refractivity contribution is 5.81. The first-order chi connectivity index (χ1) is 28.6. The molecule has 4 aliphatic rings. The molecule has 2 fully saturated rings. The molecule has 1 aromatic heterocycles. The fourth-order valence-electron chi connectivity index (χ4n) is 8.62. The normalized spacial score (nSPS) is 24.1. The van der Waals surface area contributed by atoms with Crippen LogP contribution in [0.1, 0.15) is 93.9 Å². The van der Waals surface area contributed by atoms with Crippen LogP contribution in [0.4, 0.5) is 0 Å². The van der Waals surface area contributed by atoms with Crippen molar-refractivity contribution in [1.29, 1.82) is 0 Å². The number of rotatable bonds is 15. The molecule has 3 aliphatic heterocycles. The van der Waals surface area contributed by atoms with E-state index in [4.69, 9.17) is 29.7 Å². The highest BCUT2D eigenvalue weighted by Crippen LogP contribution is 2.43. The summed E-state index contributed by atoms with van der Waals surface area (Å²) >= 11 is 0. The third-order valence-electron chi connectivity index (χ3n) is 11.6. The number of nitrogens with zero attached hydrogens (tertiary/aromatic N) is 2. The number of guanidine groups is 1. The van der Waals surface area contributed by atoms with Crippen molar-refractivity contribution in [3.05, 3.63) is 95.1 Å². The van der Waals surface area contributed by atoms with Crippen LogP contribution < -0.4 is 31.2 Å². The van der Waals surface area contributed by atoms with Crippen LogP contribution in [0.25, 0.3) is 0 Å². The number of aromatic nitrogens is 1. The molecule has 1 saturated carbocycles. The molecule has 8 N–H and O–H groups in total. The van der Waals surface area contributed by atoms with Crippen molar-refractivity contribution in [2.24, 2.45) is 10.7 Å². The lowest BCUT2D eigenvalue weighted by molar-refractivity contribution is -0.160. The molecule has 1 aliphatic carbocycles. The number of carbonyl (C=O) groups is 1. The number of nitrogens with two attached hydrogens (primary N) is 1. The zero-order chi connectivity index (χ0) is 41.2. The summed E-state index contributed by atoms with van der Waals surface area (Å²) in [6.07, 6.45) is 15.6. The fraction of sp³-hybridized carbons (Fsp3) is 0.489. The van der Waals surface area contributed by atoms with Crippen molar-refractivity contribution >= 4 is 11.9 Å². The minimum Gasteiger partial charge on any atom is -0.504 e. The average molecular weight is 811 g/mol. The number of dihydropyridines is 1. The lowest BCUT2D eigenvalue weighted by Gasteiger charge is -2.44. The molecule has 0 unspecified atom stereocenters. The summed E-state index contributed by atoms with van der Waals surface area (Å²) in [4.78, 5) is 20.9. The van der Waals surface area contributed by atoms with Gasteiger partial charge < -0.3 is 56.0 Å². The number of ether oxygens (including phenoxy) is 4. The average Bonchev–Trinajstić information content (AvgIpc) is 3.21. The van der Waals surface area contributed by atoms with E-state index in [1.54, 1.807) is 24.5 Å². The van der Waals surface area contributed by atoms with Crippen LogP contribution in [0, 0.1) is 0 Å². The first-order valence-electron chi connectivity index (χ1n) is 20.9. The molecule has 316 valence electrons. The van der Waals surface area contributed by atoms with E-state index in [0.717, 1.165) is 81.7 Å². The van der Waals surface area contributed by atoms with E-state index in [1.165, 1.54) is 18.6 Å². The molecule has 3 aromatic rings. The van der Waals surface area contributed by atoms with Crippen molar-refractivity contribution < 1.29 is 39.1 Å². The van der Waals surface area contributed by atoms with Gasteiger partial charge in [0.05, 0.1) is 24.6 Å². The molecular weight excluding hydrogens is 753 g/mol. The molecule has 4 heterocycles. The Hall–Kier alpha value is -5.63. The van der Waals surface area contributed by atoms with Gasteiger partial charge in [0.25, 0.3) is 0 Å². The van der Waals surface area contributed by atoms with Crippen LogP contribution in [0.15, 0.2) is 83.4 Å². The SMILES string of the molecule is CC(=O)O[C@@H]1C[C@H](CCc2ccc(O)c(O[C@@H]3CCC[C@@]4(CCN=C(NCCCC5=CCNC(N)=C5)N4)C3)c2)O[C@H](c2cc(O)c(O)c(OCCc3cccnc3)c2)C1. The summed E-state index contributed by atoms with van der Waals surface area (Å²) in [5, 5.41) is 42.5. The van der Waals surface area contributed by atoms with E-state index >= 15 is 0 Å². The minimum atomic E-state index is -0.522. The van der Waals surface area contributed by atoms with Crippen molar-refractivity contribution in [1.82, 2.24) is 20.9 Å². The van der Waals surface area contributed by atoms with Gasteiger partial charge in [-0.1, -0.05) is 18.2 Å². The summed E-state index contributed by atoms with van der Waals surface area (Å²) in [6, 6.07) is 12.4. The first kappa shape index (κ1) is 41.5. The highest BCUT2D eigenvalue weighted by Gasteiger charge is 2.40. The van der Waals surface area contributed by atoms with Gasteiger partial charge in [0.2, 0.25) is 5.75 Å². The van der Waals surface area contributed by atoms with E-state index in [9.17, 15) is 20.1 Å². The molecule has 14 nitrogen and oxygen atoms in total. The number of hydrogen-bond donors (Lipinski definition) is 7. The molecule has 7 rings (SSSR count). The second kappa shape index (κ2) is 19.4. The van der Waals surface area contributed by atoms with Crippen molar-refractivity contribution in [2.75, 3.05) is 26.2 Å². The number of aliphatic imine (C=N–C) groups is 1. The highest BCUT2D eigenvalue weighted by atomic mass is 16.6. The maximum absolute atomic E-state index is 12.1. The van der Waals surface area contributed by atoms with Crippen LogP contribution in [0.5, 0.6) is 28.7 Å².